The Morgan fingerprint density at radius 2 is 2.28 bits per heavy atom. The van der Waals surface area contributed by atoms with E-state index in [0.717, 1.165) is 35.4 Å². The number of nitriles is 1. The number of aryl methyl sites for hydroxylation is 1. The van der Waals surface area contributed by atoms with Gasteiger partial charge < -0.3 is 4.57 Å². The van der Waals surface area contributed by atoms with Crippen molar-refractivity contribution in [3.63, 3.8) is 0 Å². The number of imidazole rings is 1. The van der Waals surface area contributed by atoms with E-state index in [-0.39, 0.29) is 0 Å². The smallest absolute Gasteiger partial charge is 0.124 e. The Morgan fingerprint density at radius 3 is 2.89 bits per heavy atom. The topological polar surface area (TPSA) is 41.6 Å². The molecule has 0 saturated heterocycles. The molecule has 0 unspecified atom stereocenters. The first-order valence-electron chi connectivity index (χ1n) is 6.15. The molecule has 0 radical (unpaired) electrons. The molecular weight excluding hydrogens is 222 g/mol. The molecule has 0 fully saturated rings. The fourth-order valence-electron chi connectivity index (χ4n) is 2.10. The van der Waals surface area contributed by atoms with E-state index >= 15 is 0 Å². The van der Waals surface area contributed by atoms with Crippen molar-refractivity contribution in [2.24, 2.45) is 0 Å². The van der Waals surface area contributed by atoms with E-state index < -0.39 is 0 Å². The molecule has 0 spiro atoms. The SMILES string of the molecule is C=C(C)Cn1c(CC#N)nc2cc(CC)ccc21. The average molecular weight is 239 g/mol. The lowest BCUT2D eigenvalue weighted by molar-refractivity contribution is 0.759. The van der Waals surface area contributed by atoms with Gasteiger partial charge in [-0.1, -0.05) is 25.1 Å². The molecule has 0 saturated carbocycles. The molecule has 0 atom stereocenters. The third kappa shape index (κ3) is 2.28. The molecule has 3 nitrogen and oxygen atoms in total. The summed E-state index contributed by atoms with van der Waals surface area (Å²) in [4.78, 5) is 4.56. The van der Waals surface area contributed by atoms with Gasteiger partial charge in [0.1, 0.15) is 5.82 Å². The molecule has 2 aromatic rings. The maximum atomic E-state index is 8.88. The first-order valence-corrected chi connectivity index (χ1v) is 6.15. The Hall–Kier alpha value is -2.08. The van der Waals surface area contributed by atoms with Crippen molar-refractivity contribution in [2.45, 2.75) is 33.2 Å². The van der Waals surface area contributed by atoms with Crippen LogP contribution in [0.15, 0.2) is 30.4 Å². The van der Waals surface area contributed by atoms with Crippen LogP contribution in [-0.2, 0) is 19.4 Å². The van der Waals surface area contributed by atoms with E-state index in [2.05, 4.69) is 47.3 Å². The summed E-state index contributed by atoms with van der Waals surface area (Å²) in [5.41, 5.74) is 4.39. The van der Waals surface area contributed by atoms with E-state index in [1.165, 1.54) is 5.56 Å². The number of hydrogen-bond acceptors (Lipinski definition) is 2. The Kier molecular flexibility index (Phi) is 3.47. The number of hydrogen-bond donors (Lipinski definition) is 0. The van der Waals surface area contributed by atoms with Crippen molar-refractivity contribution in [1.82, 2.24) is 9.55 Å². The molecule has 1 aromatic heterocycles. The third-order valence-corrected chi connectivity index (χ3v) is 2.97. The van der Waals surface area contributed by atoms with Crippen LogP contribution in [-0.4, -0.2) is 9.55 Å². The van der Waals surface area contributed by atoms with Gasteiger partial charge in [-0.15, -0.1) is 0 Å². The molecule has 1 heterocycles. The first kappa shape index (κ1) is 12.4. The van der Waals surface area contributed by atoms with Crippen LogP contribution in [0.5, 0.6) is 0 Å². The number of allylic oxidation sites excluding steroid dienone is 1. The standard InChI is InChI=1S/C15H17N3/c1-4-12-5-6-14-13(9-12)17-15(7-8-16)18(14)10-11(2)3/h5-6,9H,2,4,7,10H2,1,3H3. The first-order chi connectivity index (χ1) is 8.65. The second kappa shape index (κ2) is 5.05. The van der Waals surface area contributed by atoms with Gasteiger partial charge in [0.15, 0.2) is 0 Å². The highest BCUT2D eigenvalue weighted by Gasteiger charge is 2.10. The van der Waals surface area contributed by atoms with Crippen molar-refractivity contribution < 1.29 is 0 Å². The fourth-order valence-corrected chi connectivity index (χ4v) is 2.10. The Morgan fingerprint density at radius 1 is 1.50 bits per heavy atom. The number of aromatic nitrogens is 2. The lowest BCUT2D eigenvalue weighted by Gasteiger charge is -2.07. The van der Waals surface area contributed by atoms with E-state index in [1.807, 2.05) is 6.92 Å². The maximum Gasteiger partial charge on any atom is 0.124 e. The minimum Gasteiger partial charge on any atom is -0.323 e. The van der Waals surface area contributed by atoms with Gasteiger partial charge in [-0.05, 0) is 31.0 Å². The Bertz CT molecular complexity index is 629. The van der Waals surface area contributed by atoms with Gasteiger partial charge in [0.2, 0.25) is 0 Å². The van der Waals surface area contributed by atoms with Crippen molar-refractivity contribution in [1.29, 1.82) is 5.26 Å². The third-order valence-electron chi connectivity index (χ3n) is 2.97. The zero-order valence-corrected chi connectivity index (χ0v) is 10.9. The molecule has 0 amide bonds. The number of nitrogens with zero attached hydrogens (tertiary/aromatic N) is 3. The van der Waals surface area contributed by atoms with Crippen molar-refractivity contribution in [3.05, 3.63) is 41.7 Å². The predicted molar refractivity (Wildman–Crippen MR) is 73.2 cm³/mol. The summed E-state index contributed by atoms with van der Waals surface area (Å²) in [7, 11) is 0. The van der Waals surface area contributed by atoms with Crippen molar-refractivity contribution in [3.8, 4) is 6.07 Å². The summed E-state index contributed by atoms with van der Waals surface area (Å²) < 4.78 is 2.08. The van der Waals surface area contributed by atoms with Gasteiger partial charge >= 0.3 is 0 Å². The summed E-state index contributed by atoms with van der Waals surface area (Å²) in [5.74, 6) is 0.823. The van der Waals surface area contributed by atoms with Gasteiger partial charge in [0.25, 0.3) is 0 Å². The summed E-state index contributed by atoms with van der Waals surface area (Å²) in [5, 5.41) is 8.88. The maximum absolute atomic E-state index is 8.88. The highest BCUT2D eigenvalue weighted by Crippen LogP contribution is 2.19. The molecule has 0 aliphatic carbocycles. The highest BCUT2D eigenvalue weighted by atomic mass is 15.1. The largest absolute Gasteiger partial charge is 0.323 e. The predicted octanol–water partition coefficient (Wildman–Crippen LogP) is 3.24. The molecule has 0 aliphatic rings. The summed E-state index contributed by atoms with van der Waals surface area (Å²) in [6, 6.07) is 8.48. The van der Waals surface area contributed by atoms with Crippen LogP contribution in [0.2, 0.25) is 0 Å². The lowest BCUT2D eigenvalue weighted by Crippen LogP contribution is -2.03. The van der Waals surface area contributed by atoms with E-state index in [0.29, 0.717) is 6.42 Å². The molecule has 0 N–H and O–H groups in total. The number of fused-ring (bicyclic) bond motifs is 1. The monoisotopic (exact) mass is 239 g/mol. The van der Waals surface area contributed by atoms with Crippen LogP contribution >= 0.6 is 0 Å². The van der Waals surface area contributed by atoms with Crippen LogP contribution in [0.3, 0.4) is 0 Å². The number of rotatable bonds is 4. The van der Waals surface area contributed by atoms with Gasteiger partial charge in [0.05, 0.1) is 23.5 Å². The summed E-state index contributed by atoms with van der Waals surface area (Å²) in [6.45, 7) is 8.78. The Labute approximate surface area is 107 Å². The van der Waals surface area contributed by atoms with Gasteiger partial charge in [-0.3, -0.25) is 0 Å². The number of benzene rings is 1. The molecule has 18 heavy (non-hydrogen) atoms. The fraction of sp³-hybridized carbons (Fsp3) is 0.333. The minimum atomic E-state index is 0.337. The molecule has 3 heteroatoms. The van der Waals surface area contributed by atoms with Crippen molar-refractivity contribution >= 4 is 11.0 Å². The van der Waals surface area contributed by atoms with E-state index in [1.54, 1.807) is 0 Å². The van der Waals surface area contributed by atoms with Crippen molar-refractivity contribution in [2.75, 3.05) is 0 Å². The normalized spacial score (nSPS) is 10.5. The molecule has 2 rings (SSSR count). The minimum absolute atomic E-state index is 0.337. The van der Waals surface area contributed by atoms with Crippen LogP contribution < -0.4 is 0 Å². The van der Waals surface area contributed by atoms with Gasteiger partial charge in [-0.25, -0.2) is 4.98 Å². The molecule has 1 aromatic carbocycles. The van der Waals surface area contributed by atoms with Crippen LogP contribution in [0.25, 0.3) is 11.0 Å². The van der Waals surface area contributed by atoms with Crippen LogP contribution in [0.4, 0.5) is 0 Å². The zero-order valence-electron chi connectivity index (χ0n) is 10.9. The highest BCUT2D eigenvalue weighted by molar-refractivity contribution is 5.77. The molecular formula is C15H17N3. The average Bonchev–Trinajstić information content (AvgIpc) is 2.66. The van der Waals surface area contributed by atoms with E-state index in [9.17, 15) is 0 Å². The van der Waals surface area contributed by atoms with Gasteiger partial charge in [-0.2, -0.15) is 5.26 Å². The Balaban J connectivity index is 2.59. The molecule has 0 bridgehead atoms. The molecule has 92 valence electrons. The second-order valence-corrected chi connectivity index (χ2v) is 4.58. The second-order valence-electron chi connectivity index (χ2n) is 4.58. The van der Waals surface area contributed by atoms with E-state index in [4.69, 9.17) is 5.26 Å². The van der Waals surface area contributed by atoms with Crippen LogP contribution in [0, 0.1) is 11.3 Å². The van der Waals surface area contributed by atoms with Gasteiger partial charge in [0, 0.05) is 6.54 Å². The quantitative estimate of drug-likeness (QED) is 0.768. The lowest BCUT2D eigenvalue weighted by atomic mass is 10.1. The molecule has 0 aliphatic heterocycles. The summed E-state index contributed by atoms with van der Waals surface area (Å²) >= 11 is 0. The van der Waals surface area contributed by atoms with Crippen LogP contribution in [0.1, 0.15) is 25.2 Å². The summed E-state index contributed by atoms with van der Waals surface area (Å²) in [6.07, 6.45) is 1.33. The zero-order chi connectivity index (χ0) is 13.1.